The molecule has 0 aromatic carbocycles. The van der Waals surface area contributed by atoms with E-state index in [0.717, 1.165) is 25.9 Å². The van der Waals surface area contributed by atoms with Gasteiger partial charge in [-0.2, -0.15) is 0 Å². The highest BCUT2D eigenvalue weighted by Crippen LogP contribution is 2.43. The second-order valence-corrected chi connectivity index (χ2v) is 5.63. The fraction of sp³-hybridized carbons (Fsp3) is 0.786. The molecule has 3 nitrogen and oxygen atoms in total. The molecule has 1 aliphatic heterocycles. The maximum atomic E-state index is 12.5. The Morgan fingerprint density at radius 3 is 3.24 bits per heavy atom. The van der Waals surface area contributed by atoms with Crippen molar-refractivity contribution in [2.45, 2.75) is 45.1 Å². The third-order valence-corrected chi connectivity index (χ3v) is 4.39. The summed E-state index contributed by atoms with van der Waals surface area (Å²) in [5, 5.41) is 6.57. The summed E-state index contributed by atoms with van der Waals surface area (Å²) in [7, 11) is 0. The zero-order chi connectivity index (χ0) is 12.3. The first-order valence-corrected chi connectivity index (χ1v) is 6.81. The van der Waals surface area contributed by atoms with Crippen LogP contribution in [0.3, 0.4) is 0 Å². The third-order valence-electron chi connectivity index (χ3n) is 4.39. The molecule has 1 heterocycles. The molecule has 1 unspecified atom stereocenters. The van der Waals surface area contributed by atoms with Crippen LogP contribution in [0, 0.1) is 11.3 Å². The molecule has 0 aromatic rings. The molecule has 17 heavy (non-hydrogen) atoms. The Kier molecular flexibility index (Phi) is 3.87. The van der Waals surface area contributed by atoms with E-state index < -0.39 is 0 Å². The molecule has 0 aromatic heterocycles. The van der Waals surface area contributed by atoms with Gasteiger partial charge in [-0.1, -0.05) is 18.9 Å². The van der Waals surface area contributed by atoms with Crippen molar-refractivity contribution < 1.29 is 4.79 Å². The molecule has 1 amide bonds. The molecule has 3 heteroatoms. The molecule has 0 radical (unpaired) electrons. The standard InChI is InChI=1S/C14H24N2O/c1-3-6-11(2)16-13(17)14-8-5-4-7-12(14)9-15-10-14/h3,11-12,15H,1,4-10H2,2H3,(H,16,17)/t11?,12-,14+/m0/s1. The van der Waals surface area contributed by atoms with Gasteiger partial charge < -0.3 is 10.6 Å². The minimum absolute atomic E-state index is 0.117. The summed E-state index contributed by atoms with van der Waals surface area (Å²) in [6.07, 6.45) is 7.45. The van der Waals surface area contributed by atoms with Crippen molar-refractivity contribution in [1.82, 2.24) is 10.6 Å². The van der Waals surface area contributed by atoms with Gasteiger partial charge >= 0.3 is 0 Å². The van der Waals surface area contributed by atoms with Crippen LogP contribution in [0.25, 0.3) is 0 Å². The normalized spacial score (nSPS) is 33.8. The lowest BCUT2D eigenvalue weighted by Gasteiger charge is -2.37. The average Bonchev–Trinajstić information content (AvgIpc) is 2.73. The lowest BCUT2D eigenvalue weighted by molar-refractivity contribution is -0.134. The van der Waals surface area contributed by atoms with E-state index in [2.05, 4.69) is 24.1 Å². The zero-order valence-electron chi connectivity index (χ0n) is 10.8. The summed E-state index contributed by atoms with van der Waals surface area (Å²) in [5.41, 5.74) is -0.117. The molecule has 0 bridgehead atoms. The van der Waals surface area contributed by atoms with Gasteiger partial charge in [0.15, 0.2) is 0 Å². The predicted molar refractivity (Wildman–Crippen MR) is 69.7 cm³/mol. The predicted octanol–water partition coefficient (Wildman–Crippen LogP) is 1.85. The second kappa shape index (κ2) is 5.21. The van der Waals surface area contributed by atoms with E-state index in [0.29, 0.717) is 5.92 Å². The highest BCUT2D eigenvalue weighted by molar-refractivity contribution is 5.84. The SMILES string of the molecule is C=CCC(C)NC(=O)[C@@]12CCCC[C@H]1CNC2. The average molecular weight is 236 g/mol. The summed E-state index contributed by atoms with van der Waals surface area (Å²) < 4.78 is 0. The van der Waals surface area contributed by atoms with Crippen molar-refractivity contribution in [2.24, 2.45) is 11.3 Å². The Morgan fingerprint density at radius 2 is 2.47 bits per heavy atom. The molecule has 2 aliphatic rings. The molecule has 1 saturated carbocycles. The van der Waals surface area contributed by atoms with Gasteiger partial charge in [0.25, 0.3) is 0 Å². The summed E-state index contributed by atoms with van der Waals surface area (Å²) in [6, 6.07) is 0.206. The van der Waals surface area contributed by atoms with Gasteiger partial charge in [0.1, 0.15) is 0 Å². The Morgan fingerprint density at radius 1 is 1.65 bits per heavy atom. The highest BCUT2D eigenvalue weighted by Gasteiger charge is 2.49. The number of rotatable bonds is 4. The van der Waals surface area contributed by atoms with Gasteiger partial charge in [0.05, 0.1) is 5.41 Å². The van der Waals surface area contributed by atoms with Crippen LogP contribution in [0.15, 0.2) is 12.7 Å². The first-order chi connectivity index (χ1) is 8.19. The minimum Gasteiger partial charge on any atom is -0.353 e. The van der Waals surface area contributed by atoms with Gasteiger partial charge in [-0.3, -0.25) is 4.79 Å². The molecule has 2 N–H and O–H groups in total. The summed E-state index contributed by atoms with van der Waals surface area (Å²) in [5.74, 6) is 0.814. The first-order valence-electron chi connectivity index (χ1n) is 6.81. The monoisotopic (exact) mass is 236 g/mol. The Labute approximate surface area is 104 Å². The van der Waals surface area contributed by atoms with E-state index >= 15 is 0 Å². The number of carbonyl (C=O) groups is 1. The van der Waals surface area contributed by atoms with Crippen molar-refractivity contribution in [3.05, 3.63) is 12.7 Å². The van der Waals surface area contributed by atoms with E-state index in [-0.39, 0.29) is 17.4 Å². The second-order valence-electron chi connectivity index (χ2n) is 5.63. The van der Waals surface area contributed by atoms with Crippen LogP contribution in [0.5, 0.6) is 0 Å². The fourth-order valence-corrected chi connectivity index (χ4v) is 3.37. The number of amides is 1. The first kappa shape index (κ1) is 12.6. The Balaban J connectivity index is 2.03. The molecule has 1 aliphatic carbocycles. The van der Waals surface area contributed by atoms with Crippen molar-refractivity contribution in [3.8, 4) is 0 Å². The number of nitrogens with one attached hydrogen (secondary N) is 2. The van der Waals surface area contributed by atoms with Crippen LogP contribution in [-0.2, 0) is 4.79 Å². The minimum atomic E-state index is -0.117. The highest BCUT2D eigenvalue weighted by atomic mass is 16.2. The van der Waals surface area contributed by atoms with Crippen molar-refractivity contribution in [1.29, 1.82) is 0 Å². The van der Waals surface area contributed by atoms with Crippen LogP contribution in [0.4, 0.5) is 0 Å². The van der Waals surface area contributed by atoms with E-state index in [1.54, 1.807) is 0 Å². The van der Waals surface area contributed by atoms with E-state index in [4.69, 9.17) is 0 Å². The molecular formula is C14H24N2O. The van der Waals surface area contributed by atoms with Gasteiger partial charge in [0.2, 0.25) is 5.91 Å². The van der Waals surface area contributed by atoms with E-state index in [1.807, 2.05) is 6.08 Å². The largest absolute Gasteiger partial charge is 0.353 e. The molecule has 96 valence electrons. The number of hydrogen-bond donors (Lipinski definition) is 2. The van der Waals surface area contributed by atoms with Crippen LogP contribution in [0.1, 0.15) is 39.0 Å². The van der Waals surface area contributed by atoms with Crippen molar-refractivity contribution in [3.63, 3.8) is 0 Å². The van der Waals surface area contributed by atoms with E-state index in [9.17, 15) is 4.79 Å². The quantitative estimate of drug-likeness (QED) is 0.731. The fourth-order valence-electron chi connectivity index (χ4n) is 3.37. The zero-order valence-corrected chi connectivity index (χ0v) is 10.8. The number of hydrogen-bond acceptors (Lipinski definition) is 2. The van der Waals surface area contributed by atoms with Gasteiger partial charge in [-0.05, 0) is 38.6 Å². The maximum absolute atomic E-state index is 12.5. The van der Waals surface area contributed by atoms with Crippen LogP contribution < -0.4 is 10.6 Å². The van der Waals surface area contributed by atoms with Crippen LogP contribution >= 0.6 is 0 Å². The lowest BCUT2D eigenvalue weighted by Crippen LogP contribution is -2.50. The Bertz CT molecular complexity index is 303. The summed E-state index contributed by atoms with van der Waals surface area (Å²) in [4.78, 5) is 12.5. The number of carbonyl (C=O) groups excluding carboxylic acids is 1. The van der Waals surface area contributed by atoms with Gasteiger partial charge in [0, 0.05) is 12.6 Å². The number of fused-ring (bicyclic) bond motifs is 1. The topological polar surface area (TPSA) is 41.1 Å². The Hall–Kier alpha value is -0.830. The third kappa shape index (κ3) is 2.39. The molecular weight excluding hydrogens is 212 g/mol. The molecule has 2 fully saturated rings. The van der Waals surface area contributed by atoms with Crippen LogP contribution in [0.2, 0.25) is 0 Å². The smallest absolute Gasteiger partial charge is 0.228 e. The van der Waals surface area contributed by atoms with Crippen LogP contribution in [-0.4, -0.2) is 25.0 Å². The summed E-state index contributed by atoms with van der Waals surface area (Å²) >= 11 is 0. The van der Waals surface area contributed by atoms with Gasteiger partial charge in [-0.25, -0.2) is 0 Å². The molecule has 1 saturated heterocycles. The summed E-state index contributed by atoms with van der Waals surface area (Å²) in [6.45, 7) is 7.66. The molecule has 0 spiro atoms. The maximum Gasteiger partial charge on any atom is 0.228 e. The molecule has 2 rings (SSSR count). The van der Waals surface area contributed by atoms with E-state index in [1.165, 1.54) is 19.3 Å². The lowest BCUT2D eigenvalue weighted by atomic mass is 9.67. The van der Waals surface area contributed by atoms with Crippen molar-refractivity contribution in [2.75, 3.05) is 13.1 Å². The van der Waals surface area contributed by atoms with Crippen molar-refractivity contribution >= 4 is 5.91 Å². The molecule has 3 atom stereocenters. The van der Waals surface area contributed by atoms with Gasteiger partial charge in [-0.15, -0.1) is 6.58 Å².